The van der Waals surface area contributed by atoms with Crippen LogP contribution in [0, 0.1) is 6.92 Å². The Bertz CT molecular complexity index is 591. The summed E-state index contributed by atoms with van der Waals surface area (Å²) in [5.74, 6) is 2.03. The molecule has 4 heteroatoms. The number of aryl methyl sites for hydroxylation is 2. The normalized spacial score (nSPS) is 15.9. The highest BCUT2D eigenvalue weighted by atomic mass is 16.3. The van der Waals surface area contributed by atoms with Gasteiger partial charge in [0.1, 0.15) is 17.8 Å². The maximum Gasteiger partial charge on any atom is 0.118 e. The van der Waals surface area contributed by atoms with Gasteiger partial charge in [-0.3, -0.25) is 4.90 Å². The molecule has 0 spiro atoms. The molecule has 106 valence electrons. The van der Waals surface area contributed by atoms with E-state index in [0.717, 1.165) is 50.4 Å². The number of fused-ring (bicyclic) bond motifs is 1. The second kappa shape index (κ2) is 5.75. The van der Waals surface area contributed by atoms with Crippen molar-refractivity contribution in [2.75, 3.05) is 13.1 Å². The molecule has 0 N–H and O–H groups in total. The predicted octanol–water partition coefficient (Wildman–Crippen LogP) is 2.54. The summed E-state index contributed by atoms with van der Waals surface area (Å²) >= 11 is 0. The minimum atomic E-state index is 0.886. The lowest BCUT2D eigenvalue weighted by atomic mass is 10.1. The summed E-state index contributed by atoms with van der Waals surface area (Å²) in [7, 11) is 0. The van der Waals surface area contributed by atoms with Crippen LogP contribution in [-0.4, -0.2) is 28.0 Å². The van der Waals surface area contributed by atoms with Gasteiger partial charge in [0.05, 0.1) is 6.54 Å². The van der Waals surface area contributed by atoms with Crippen molar-refractivity contribution in [3.05, 3.63) is 46.9 Å². The molecular formula is C16H21N3O. The van der Waals surface area contributed by atoms with Crippen LogP contribution in [0.15, 0.2) is 22.9 Å². The van der Waals surface area contributed by atoms with Gasteiger partial charge in [-0.2, -0.15) is 0 Å². The number of hydrogen-bond donors (Lipinski definition) is 0. The monoisotopic (exact) mass is 271 g/mol. The molecule has 0 aliphatic carbocycles. The van der Waals surface area contributed by atoms with E-state index < -0.39 is 0 Å². The zero-order valence-electron chi connectivity index (χ0n) is 12.2. The highest BCUT2D eigenvalue weighted by molar-refractivity contribution is 5.26. The summed E-state index contributed by atoms with van der Waals surface area (Å²) in [5, 5.41) is 0. The van der Waals surface area contributed by atoms with Crippen molar-refractivity contribution in [2.45, 2.75) is 39.7 Å². The van der Waals surface area contributed by atoms with E-state index in [-0.39, 0.29) is 0 Å². The molecule has 3 heterocycles. The molecular weight excluding hydrogens is 250 g/mol. The highest BCUT2D eigenvalue weighted by Crippen LogP contribution is 2.18. The van der Waals surface area contributed by atoms with Crippen molar-refractivity contribution in [1.29, 1.82) is 0 Å². The zero-order chi connectivity index (χ0) is 13.9. The molecule has 20 heavy (non-hydrogen) atoms. The molecule has 0 saturated heterocycles. The van der Waals surface area contributed by atoms with Crippen molar-refractivity contribution in [2.24, 2.45) is 0 Å². The highest BCUT2D eigenvalue weighted by Gasteiger charge is 2.18. The number of rotatable bonds is 3. The van der Waals surface area contributed by atoms with Crippen LogP contribution in [0.3, 0.4) is 0 Å². The van der Waals surface area contributed by atoms with E-state index in [1.165, 1.54) is 17.0 Å². The minimum Gasteiger partial charge on any atom is -0.465 e. The fourth-order valence-electron chi connectivity index (χ4n) is 2.89. The van der Waals surface area contributed by atoms with Crippen molar-refractivity contribution in [1.82, 2.24) is 14.9 Å². The Balaban J connectivity index is 1.72. The lowest BCUT2D eigenvalue weighted by Gasteiger charge is -2.17. The molecule has 4 nitrogen and oxygen atoms in total. The third-order valence-electron chi connectivity index (χ3n) is 3.98. The average molecular weight is 271 g/mol. The van der Waals surface area contributed by atoms with Crippen LogP contribution in [-0.2, 0) is 25.8 Å². The first-order valence-corrected chi connectivity index (χ1v) is 7.35. The molecule has 1 aliphatic heterocycles. The smallest absolute Gasteiger partial charge is 0.118 e. The van der Waals surface area contributed by atoms with Gasteiger partial charge in [-0.15, -0.1) is 0 Å². The lowest BCUT2D eigenvalue weighted by Crippen LogP contribution is -2.25. The van der Waals surface area contributed by atoms with Crippen LogP contribution in [0.1, 0.15) is 35.4 Å². The van der Waals surface area contributed by atoms with Gasteiger partial charge in [0.25, 0.3) is 0 Å². The SMILES string of the molecule is CCc1ncnc2c1CCN(Cc1ccc(C)o1)CC2. The van der Waals surface area contributed by atoms with Gasteiger partial charge in [-0.05, 0) is 37.5 Å². The van der Waals surface area contributed by atoms with Crippen molar-refractivity contribution >= 4 is 0 Å². The van der Waals surface area contributed by atoms with E-state index in [0.29, 0.717) is 0 Å². The van der Waals surface area contributed by atoms with Gasteiger partial charge in [-0.25, -0.2) is 9.97 Å². The summed E-state index contributed by atoms with van der Waals surface area (Å²) in [4.78, 5) is 11.3. The minimum absolute atomic E-state index is 0.886. The Morgan fingerprint density at radius 3 is 2.80 bits per heavy atom. The van der Waals surface area contributed by atoms with E-state index in [1.54, 1.807) is 6.33 Å². The average Bonchev–Trinajstić information content (AvgIpc) is 2.75. The fraction of sp³-hybridized carbons (Fsp3) is 0.500. The van der Waals surface area contributed by atoms with Crippen LogP contribution in [0.4, 0.5) is 0 Å². The first-order valence-electron chi connectivity index (χ1n) is 7.35. The Morgan fingerprint density at radius 1 is 1.20 bits per heavy atom. The van der Waals surface area contributed by atoms with Gasteiger partial charge in [0.15, 0.2) is 0 Å². The Labute approximate surface area is 119 Å². The third kappa shape index (κ3) is 2.75. The third-order valence-corrected chi connectivity index (χ3v) is 3.98. The van der Waals surface area contributed by atoms with Crippen LogP contribution in [0.2, 0.25) is 0 Å². The molecule has 1 aliphatic rings. The maximum atomic E-state index is 5.68. The summed E-state index contributed by atoms with van der Waals surface area (Å²) < 4.78 is 5.68. The molecule has 2 aromatic rings. The van der Waals surface area contributed by atoms with Crippen molar-refractivity contribution < 1.29 is 4.42 Å². The van der Waals surface area contributed by atoms with E-state index in [1.807, 2.05) is 13.0 Å². The van der Waals surface area contributed by atoms with Gasteiger partial charge in [-0.1, -0.05) is 6.92 Å². The van der Waals surface area contributed by atoms with Crippen molar-refractivity contribution in [3.8, 4) is 0 Å². The topological polar surface area (TPSA) is 42.2 Å². The van der Waals surface area contributed by atoms with E-state index in [9.17, 15) is 0 Å². The number of hydrogen-bond acceptors (Lipinski definition) is 4. The Hall–Kier alpha value is -1.68. The Morgan fingerprint density at radius 2 is 2.05 bits per heavy atom. The van der Waals surface area contributed by atoms with Gasteiger partial charge < -0.3 is 4.42 Å². The molecule has 0 atom stereocenters. The van der Waals surface area contributed by atoms with E-state index in [2.05, 4.69) is 27.9 Å². The molecule has 0 amide bonds. The lowest BCUT2D eigenvalue weighted by molar-refractivity contribution is 0.253. The standard InChI is InChI=1S/C16H21N3O/c1-3-15-14-6-8-19(9-7-16(14)18-11-17-15)10-13-5-4-12(2)20-13/h4-5,11H,3,6-10H2,1-2H3. The summed E-state index contributed by atoms with van der Waals surface area (Å²) in [6.07, 6.45) is 4.75. The quantitative estimate of drug-likeness (QED) is 0.860. The van der Waals surface area contributed by atoms with Gasteiger partial charge in [0, 0.05) is 30.9 Å². The first kappa shape index (κ1) is 13.3. The molecule has 0 saturated carbocycles. The largest absolute Gasteiger partial charge is 0.465 e. The fourth-order valence-corrected chi connectivity index (χ4v) is 2.89. The summed E-state index contributed by atoms with van der Waals surface area (Å²) in [6.45, 7) is 7.12. The molecule has 0 aromatic carbocycles. The molecule has 2 aromatic heterocycles. The van der Waals surface area contributed by atoms with Crippen LogP contribution >= 0.6 is 0 Å². The summed E-state index contributed by atoms with van der Waals surface area (Å²) in [6, 6.07) is 4.10. The molecule has 0 unspecified atom stereocenters. The Kier molecular flexibility index (Phi) is 3.83. The van der Waals surface area contributed by atoms with Crippen molar-refractivity contribution in [3.63, 3.8) is 0 Å². The zero-order valence-corrected chi connectivity index (χ0v) is 12.2. The van der Waals surface area contributed by atoms with E-state index >= 15 is 0 Å². The molecule has 0 bridgehead atoms. The second-order valence-electron chi connectivity index (χ2n) is 5.39. The number of aromatic nitrogens is 2. The van der Waals surface area contributed by atoms with Gasteiger partial charge in [0.2, 0.25) is 0 Å². The first-order chi connectivity index (χ1) is 9.76. The van der Waals surface area contributed by atoms with Gasteiger partial charge >= 0.3 is 0 Å². The second-order valence-corrected chi connectivity index (χ2v) is 5.39. The molecule has 3 rings (SSSR count). The number of furan rings is 1. The van der Waals surface area contributed by atoms with Crippen LogP contribution in [0.5, 0.6) is 0 Å². The van der Waals surface area contributed by atoms with E-state index in [4.69, 9.17) is 4.42 Å². The summed E-state index contributed by atoms with van der Waals surface area (Å²) in [5.41, 5.74) is 3.81. The van der Waals surface area contributed by atoms with Crippen LogP contribution < -0.4 is 0 Å². The molecule has 0 radical (unpaired) electrons. The maximum absolute atomic E-state index is 5.68. The molecule has 0 fully saturated rings. The predicted molar refractivity (Wildman–Crippen MR) is 77.5 cm³/mol. The van der Waals surface area contributed by atoms with Crippen LogP contribution in [0.25, 0.3) is 0 Å². The number of nitrogens with zero attached hydrogens (tertiary/aromatic N) is 3.